The third-order valence-corrected chi connectivity index (χ3v) is 8.81. The molecule has 2 amide bonds. The molecule has 0 aliphatic heterocycles. The van der Waals surface area contributed by atoms with Crippen LogP contribution in [0.3, 0.4) is 0 Å². The van der Waals surface area contributed by atoms with E-state index in [9.17, 15) is 9.59 Å². The molecule has 0 aromatic rings. The normalized spacial score (nSPS) is 11.2. The molecule has 0 saturated heterocycles. The molecule has 43 heavy (non-hydrogen) atoms. The lowest BCUT2D eigenvalue weighted by Gasteiger charge is -2.09. The molecule has 5 nitrogen and oxygen atoms in total. The van der Waals surface area contributed by atoms with Gasteiger partial charge in [-0.25, -0.2) is 5.43 Å². The Kier molecular flexibility index (Phi) is 36.1. The Morgan fingerprint density at radius 1 is 0.349 bits per heavy atom. The number of rotatable bonds is 36. The van der Waals surface area contributed by atoms with Crippen molar-refractivity contribution >= 4 is 11.8 Å². The molecule has 0 heterocycles. The Hall–Kier alpha value is -1.10. The molecule has 0 unspecified atom stereocenters. The Morgan fingerprint density at radius 3 is 0.953 bits per heavy atom. The van der Waals surface area contributed by atoms with Gasteiger partial charge in [0.2, 0.25) is 11.8 Å². The lowest BCUT2D eigenvalue weighted by molar-refractivity contribution is -0.122. The zero-order chi connectivity index (χ0) is 31.3. The molecule has 3 N–H and O–H groups in total. The van der Waals surface area contributed by atoms with Crippen molar-refractivity contribution in [3.63, 3.8) is 0 Å². The Labute approximate surface area is 269 Å². The highest BCUT2D eigenvalue weighted by Crippen LogP contribution is 2.15. The molecular formula is C38H77N3O2. The van der Waals surface area contributed by atoms with Gasteiger partial charge < -0.3 is 5.32 Å². The Bertz CT molecular complexity index is 521. The van der Waals surface area contributed by atoms with Crippen molar-refractivity contribution in [1.82, 2.24) is 16.2 Å². The summed E-state index contributed by atoms with van der Waals surface area (Å²) in [4.78, 5) is 24.0. The van der Waals surface area contributed by atoms with Crippen LogP contribution >= 0.6 is 0 Å². The molecule has 0 aliphatic carbocycles. The van der Waals surface area contributed by atoms with Gasteiger partial charge in [-0.05, 0) is 12.8 Å². The van der Waals surface area contributed by atoms with E-state index in [1.165, 1.54) is 167 Å². The Balaban J connectivity index is 3.25. The third-order valence-electron chi connectivity index (χ3n) is 8.81. The van der Waals surface area contributed by atoms with Crippen molar-refractivity contribution in [2.24, 2.45) is 0 Å². The SMILES string of the molecule is CCCCCCCCCCCCCCCCCC(=O)NCCNNC(=O)CCCCCCCCCCCCCCCCC. The van der Waals surface area contributed by atoms with Crippen molar-refractivity contribution in [3.05, 3.63) is 0 Å². The predicted octanol–water partition coefficient (Wildman–Crippen LogP) is 11.2. The molecule has 0 aromatic heterocycles. The van der Waals surface area contributed by atoms with Crippen LogP contribution in [0.1, 0.15) is 219 Å². The highest BCUT2D eigenvalue weighted by atomic mass is 16.2. The average Bonchev–Trinajstić information content (AvgIpc) is 3.00. The molecular weight excluding hydrogens is 530 g/mol. The number of nitrogens with one attached hydrogen (secondary N) is 3. The number of carbonyl (C=O) groups is 2. The maximum Gasteiger partial charge on any atom is 0.234 e. The minimum absolute atomic E-state index is 0.0545. The zero-order valence-corrected chi connectivity index (χ0v) is 29.4. The second kappa shape index (κ2) is 37.1. The maximum absolute atomic E-state index is 12.0. The monoisotopic (exact) mass is 608 g/mol. The van der Waals surface area contributed by atoms with Gasteiger partial charge in [0.1, 0.15) is 0 Å². The molecule has 0 saturated carbocycles. The van der Waals surface area contributed by atoms with Gasteiger partial charge in [0, 0.05) is 25.9 Å². The standard InChI is InChI=1S/C38H77N3O2/c1-3-5-7-9-11-13-15-17-19-21-23-25-27-29-31-33-37(42)39-35-36-40-41-38(43)34-32-30-28-26-24-22-20-18-16-14-12-10-8-6-4-2/h40H,3-36H2,1-2H3,(H,39,42)(H,41,43). The summed E-state index contributed by atoms with van der Waals surface area (Å²) in [6.07, 6.45) is 41.3. The summed E-state index contributed by atoms with van der Waals surface area (Å²) in [6, 6.07) is 0. The van der Waals surface area contributed by atoms with E-state index in [1.54, 1.807) is 0 Å². The van der Waals surface area contributed by atoms with Gasteiger partial charge in [-0.1, -0.05) is 194 Å². The minimum Gasteiger partial charge on any atom is -0.355 e. The molecule has 0 aromatic carbocycles. The fraction of sp³-hybridized carbons (Fsp3) is 0.947. The highest BCUT2D eigenvalue weighted by molar-refractivity contribution is 5.76. The van der Waals surface area contributed by atoms with E-state index in [-0.39, 0.29) is 11.8 Å². The number of unbranched alkanes of at least 4 members (excludes halogenated alkanes) is 28. The third kappa shape index (κ3) is 37.0. The molecule has 0 aliphatic rings. The van der Waals surface area contributed by atoms with Crippen LogP contribution in [-0.4, -0.2) is 24.9 Å². The van der Waals surface area contributed by atoms with E-state index in [1.807, 2.05) is 0 Å². The fourth-order valence-electron chi connectivity index (χ4n) is 5.89. The second-order valence-corrected chi connectivity index (χ2v) is 13.2. The summed E-state index contributed by atoms with van der Waals surface area (Å²) in [5.74, 6) is 0.180. The van der Waals surface area contributed by atoms with Crippen LogP contribution in [0.2, 0.25) is 0 Å². The predicted molar refractivity (Wildman–Crippen MR) is 188 cm³/mol. The summed E-state index contributed by atoms with van der Waals surface area (Å²) in [6.45, 7) is 5.68. The Morgan fingerprint density at radius 2 is 0.628 bits per heavy atom. The lowest BCUT2D eigenvalue weighted by atomic mass is 10.0. The second-order valence-electron chi connectivity index (χ2n) is 13.2. The number of carbonyl (C=O) groups excluding carboxylic acids is 2. The largest absolute Gasteiger partial charge is 0.355 e. The quantitative estimate of drug-likeness (QED) is 0.0490. The molecule has 0 rings (SSSR count). The highest BCUT2D eigenvalue weighted by Gasteiger charge is 2.03. The van der Waals surface area contributed by atoms with Crippen LogP contribution in [0.5, 0.6) is 0 Å². The van der Waals surface area contributed by atoms with Gasteiger partial charge in [-0.15, -0.1) is 0 Å². The first-order chi connectivity index (χ1) is 21.2. The molecule has 5 heteroatoms. The summed E-state index contributed by atoms with van der Waals surface area (Å²) >= 11 is 0. The van der Waals surface area contributed by atoms with Gasteiger partial charge in [-0.3, -0.25) is 15.0 Å². The van der Waals surface area contributed by atoms with Crippen molar-refractivity contribution < 1.29 is 9.59 Å². The smallest absolute Gasteiger partial charge is 0.234 e. The fourth-order valence-corrected chi connectivity index (χ4v) is 5.89. The minimum atomic E-state index is 0.0545. The van der Waals surface area contributed by atoms with Crippen molar-refractivity contribution in [1.29, 1.82) is 0 Å². The van der Waals surface area contributed by atoms with Crippen molar-refractivity contribution in [2.75, 3.05) is 13.1 Å². The van der Waals surface area contributed by atoms with E-state index in [4.69, 9.17) is 0 Å². The van der Waals surface area contributed by atoms with Crippen LogP contribution in [-0.2, 0) is 9.59 Å². The summed E-state index contributed by atoms with van der Waals surface area (Å²) in [5, 5.41) is 2.95. The van der Waals surface area contributed by atoms with E-state index in [2.05, 4.69) is 30.0 Å². The van der Waals surface area contributed by atoms with Crippen molar-refractivity contribution in [3.8, 4) is 0 Å². The first kappa shape index (κ1) is 41.9. The molecule has 256 valence electrons. The van der Waals surface area contributed by atoms with E-state index < -0.39 is 0 Å². The molecule has 0 atom stereocenters. The van der Waals surface area contributed by atoms with Crippen LogP contribution in [0.4, 0.5) is 0 Å². The molecule has 0 fully saturated rings. The summed E-state index contributed by atoms with van der Waals surface area (Å²) in [5.41, 5.74) is 5.72. The van der Waals surface area contributed by atoms with Crippen LogP contribution < -0.4 is 16.2 Å². The zero-order valence-electron chi connectivity index (χ0n) is 29.4. The summed E-state index contributed by atoms with van der Waals surface area (Å²) < 4.78 is 0. The van der Waals surface area contributed by atoms with E-state index in [0.29, 0.717) is 25.9 Å². The first-order valence-electron chi connectivity index (χ1n) is 19.5. The number of hydrogen-bond donors (Lipinski definition) is 3. The van der Waals surface area contributed by atoms with Gasteiger partial charge in [0.15, 0.2) is 0 Å². The number of hydrogen-bond acceptors (Lipinski definition) is 3. The van der Waals surface area contributed by atoms with Crippen molar-refractivity contribution in [2.45, 2.75) is 219 Å². The summed E-state index contributed by atoms with van der Waals surface area (Å²) in [7, 11) is 0. The van der Waals surface area contributed by atoms with Crippen LogP contribution in [0.15, 0.2) is 0 Å². The maximum atomic E-state index is 12.0. The topological polar surface area (TPSA) is 70.2 Å². The molecule has 0 spiro atoms. The average molecular weight is 608 g/mol. The van der Waals surface area contributed by atoms with Gasteiger partial charge in [0.25, 0.3) is 0 Å². The van der Waals surface area contributed by atoms with Gasteiger partial charge in [-0.2, -0.15) is 0 Å². The first-order valence-corrected chi connectivity index (χ1v) is 19.5. The number of hydrazine groups is 1. The lowest BCUT2D eigenvalue weighted by Crippen LogP contribution is -2.42. The van der Waals surface area contributed by atoms with E-state index in [0.717, 1.165) is 25.7 Å². The van der Waals surface area contributed by atoms with Gasteiger partial charge >= 0.3 is 0 Å². The van der Waals surface area contributed by atoms with Crippen LogP contribution in [0.25, 0.3) is 0 Å². The number of amides is 2. The molecule has 0 bridgehead atoms. The van der Waals surface area contributed by atoms with Crippen LogP contribution in [0, 0.1) is 0 Å². The molecule has 0 radical (unpaired) electrons. The van der Waals surface area contributed by atoms with E-state index >= 15 is 0 Å². The van der Waals surface area contributed by atoms with Gasteiger partial charge in [0.05, 0.1) is 0 Å².